The maximum atomic E-state index is 13.9. The summed E-state index contributed by atoms with van der Waals surface area (Å²) in [5, 5.41) is 119. The van der Waals surface area contributed by atoms with E-state index < -0.39 is 149 Å². The fourth-order valence-corrected chi connectivity index (χ4v) is 16.6. The van der Waals surface area contributed by atoms with Gasteiger partial charge in [-0.2, -0.15) is 4.58 Å². The van der Waals surface area contributed by atoms with E-state index in [2.05, 4.69) is 145 Å². The van der Waals surface area contributed by atoms with Crippen LogP contribution in [0.5, 0.6) is 0 Å². The lowest BCUT2D eigenvalue weighted by Crippen LogP contribution is -2.67. The van der Waals surface area contributed by atoms with Crippen LogP contribution in [0.4, 0.5) is 11.4 Å². The van der Waals surface area contributed by atoms with E-state index in [0.29, 0.717) is 58.0 Å². The van der Waals surface area contributed by atoms with Crippen LogP contribution in [0.1, 0.15) is 116 Å². The number of aliphatic hydroxyl groups excluding tert-OH is 10. The second kappa shape index (κ2) is 33.0. The zero-order valence-corrected chi connectivity index (χ0v) is 58.1. The fraction of sp³-hybridized carbons (Fsp3) is 0.597. The third-order valence-corrected chi connectivity index (χ3v) is 21.8. The minimum atomic E-state index is -1.60. The van der Waals surface area contributed by atoms with Gasteiger partial charge in [-0.3, -0.25) is 9.59 Å². The molecule has 12 N–H and O–H groups in total. The van der Waals surface area contributed by atoms with Gasteiger partial charge in [-0.05, 0) is 111 Å². The molecule has 0 aromatic heterocycles. The Balaban J connectivity index is 0.694. The molecule has 12 saturated heterocycles. The summed E-state index contributed by atoms with van der Waals surface area (Å²) in [6, 6.07) is 23.5. The predicted octanol–water partition coefficient (Wildman–Crippen LogP) is 4.06. The van der Waals surface area contributed by atoms with Gasteiger partial charge in [0.05, 0.1) is 56.1 Å². The number of unbranched alkanes of at least 4 members (excludes halogenated alkanes) is 4. The van der Waals surface area contributed by atoms with E-state index in [1.807, 2.05) is 18.2 Å². The average Bonchev–Trinajstić information content (AvgIpc) is 1.58. The van der Waals surface area contributed by atoms with Crippen molar-refractivity contribution in [2.24, 2.45) is 0 Å². The topological polar surface area (TPSA) is 341 Å². The summed E-state index contributed by atoms with van der Waals surface area (Å²) in [6.07, 6.45) is -1.45. The Kier molecular flexibility index (Phi) is 24.4. The highest BCUT2D eigenvalue weighted by Crippen LogP contribution is 2.51. The van der Waals surface area contributed by atoms with Gasteiger partial charge in [0, 0.05) is 73.5 Å². The monoisotopic (exact) mass is 1400 g/mol. The lowest BCUT2D eigenvalue weighted by atomic mass is 9.79. The fourth-order valence-electron chi connectivity index (χ4n) is 16.6. The van der Waals surface area contributed by atoms with E-state index in [-0.39, 0.29) is 55.1 Å². The van der Waals surface area contributed by atoms with Gasteiger partial charge in [-0.15, -0.1) is 0 Å². The molecule has 0 aliphatic carbocycles. The van der Waals surface area contributed by atoms with Crippen molar-refractivity contribution in [1.29, 1.82) is 0 Å². The Hall–Kier alpha value is -5.95. The molecule has 550 valence electrons. The summed E-state index contributed by atoms with van der Waals surface area (Å²) in [6.45, 7) is 8.53. The number of fused-ring (bicyclic) bond motifs is 6. The van der Waals surface area contributed by atoms with Crippen molar-refractivity contribution in [3.05, 3.63) is 132 Å². The molecule has 101 heavy (non-hydrogen) atoms. The maximum Gasteiger partial charge on any atom is 0.220 e. The summed E-state index contributed by atoms with van der Waals surface area (Å²) >= 11 is 0. The van der Waals surface area contributed by atoms with Crippen LogP contribution < -0.4 is 15.5 Å². The molecular formula is C77H103N4O20+. The number of amides is 2. The SMILES string of the molecule is CC1(C)C(/C=C/C=C/C=C/C=C2/N(CCCCCC(=O)N[C@H]3[C@H](O)[C@H]4OC5[C@@H](CO)O[C@H](CCCO[C@@H]3[C@@H](CO)O4)[C@H](O)[C@H]5O)c3ccc4ccccc4c3C2(C)C)=[N+](CCCCCC(=O)N[C@H]2[C@H](O)[C@H]3CCCO[C@H]4[C@H](O)[C@@H](O)C(O[C@@H]2[C@@H](CO)O3)O[C@@H]4CO)c2ccc3ccccc3c21. The number of aliphatic hydroxyl groups is 10. The van der Waals surface area contributed by atoms with Crippen LogP contribution >= 0.6 is 0 Å². The first kappa shape index (κ1) is 74.8. The first-order valence-electron chi connectivity index (χ1n) is 36.2. The van der Waals surface area contributed by atoms with Crippen LogP contribution in [0.25, 0.3) is 21.5 Å². The second-order valence-electron chi connectivity index (χ2n) is 29.1. The number of rotatable bonds is 22. The average molecular weight is 1400 g/mol. The highest BCUT2D eigenvalue weighted by molar-refractivity contribution is 6.07. The molecule has 12 fully saturated rings. The van der Waals surface area contributed by atoms with Gasteiger partial charge >= 0.3 is 0 Å². The van der Waals surface area contributed by atoms with Crippen molar-refractivity contribution in [3.63, 3.8) is 0 Å². The summed E-state index contributed by atoms with van der Waals surface area (Å²) in [5.41, 5.74) is 6.29. The zero-order chi connectivity index (χ0) is 71.3. The molecule has 8 bridgehead atoms. The molecule has 24 heteroatoms. The number of carbonyl (C=O) groups excluding carboxylic acids is 2. The third kappa shape index (κ3) is 15.6. The van der Waals surface area contributed by atoms with Crippen molar-refractivity contribution < 1.29 is 103 Å². The molecule has 24 nitrogen and oxygen atoms in total. The summed E-state index contributed by atoms with van der Waals surface area (Å²) in [5.74, 6) is -0.667. The summed E-state index contributed by atoms with van der Waals surface area (Å²) in [4.78, 5) is 30.1. The van der Waals surface area contributed by atoms with Crippen molar-refractivity contribution >= 4 is 50.4 Å². The molecule has 4 aromatic rings. The molecule has 14 aliphatic heterocycles. The van der Waals surface area contributed by atoms with Gasteiger partial charge < -0.3 is 104 Å². The zero-order valence-electron chi connectivity index (χ0n) is 58.1. The van der Waals surface area contributed by atoms with E-state index in [9.17, 15) is 60.7 Å². The normalized spacial score (nSPS) is 34.5. The van der Waals surface area contributed by atoms with Crippen molar-refractivity contribution in [2.45, 2.75) is 238 Å². The Morgan fingerprint density at radius 1 is 0.515 bits per heavy atom. The molecule has 0 radical (unpaired) electrons. The van der Waals surface area contributed by atoms with E-state index in [1.165, 1.54) is 21.9 Å². The first-order valence-corrected chi connectivity index (χ1v) is 36.2. The number of hydrogen-bond acceptors (Lipinski definition) is 21. The number of ether oxygens (including phenoxy) is 8. The lowest BCUT2D eigenvalue weighted by molar-refractivity contribution is -0.438. The number of anilines is 1. The number of nitrogens with one attached hydrogen (secondary N) is 2. The Morgan fingerprint density at radius 3 is 1.70 bits per heavy atom. The quantitative estimate of drug-likeness (QED) is 0.0300. The molecule has 2 unspecified atom stereocenters. The molecular weight excluding hydrogens is 1300 g/mol. The molecule has 18 rings (SSSR count). The number of nitrogens with zero attached hydrogens (tertiary/aromatic N) is 2. The largest absolute Gasteiger partial charge is 0.394 e. The Labute approximate surface area is 589 Å². The van der Waals surface area contributed by atoms with Crippen LogP contribution in [-0.4, -0.2) is 248 Å². The third-order valence-electron chi connectivity index (χ3n) is 21.8. The van der Waals surface area contributed by atoms with Crippen LogP contribution in [-0.2, 0) is 58.3 Å². The van der Waals surface area contributed by atoms with Crippen molar-refractivity contribution in [1.82, 2.24) is 10.6 Å². The van der Waals surface area contributed by atoms with E-state index in [4.69, 9.17) is 37.9 Å². The van der Waals surface area contributed by atoms with Gasteiger partial charge in [-0.1, -0.05) is 105 Å². The summed E-state index contributed by atoms with van der Waals surface area (Å²) in [7, 11) is 0. The van der Waals surface area contributed by atoms with Crippen molar-refractivity contribution in [2.75, 3.05) is 57.6 Å². The van der Waals surface area contributed by atoms with Gasteiger partial charge in [0.15, 0.2) is 18.3 Å². The molecule has 14 heterocycles. The number of allylic oxidation sites excluding steroid dienone is 8. The molecule has 20 atom stereocenters. The van der Waals surface area contributed by atoms with Gasteiger partial charge in [-0.25, -0.2) is 0 Å². The van der Waals surface area contributed by atoms with E-state index in [1.54, 1.807) is 0 Å². The molecule has 2 amide bonds. The van der Waals surface area contributed by atoms with Gasteiger partial charge in [0.1, 0.15) is 92.0 Å². The number of benzene rings is 4. The minimum absolute atomic E-state index is 0.100. The van der Waals surface area contributed by atoms with Gasteiger partial charge in [0.2, 0.25) is 17.5 Å². The van der Waals surface area contributed by atoms with Crippen LogP contribution in [0.2, 0.25) is 0 Å². The van der Waals surface area contributed by atoms with Crippen LogP contribution in [0.15, 0.2) is 121 Å². The smallest absolute Gasteiger partial charge is 0.220 e. The minimum Gasteiger partial charge on any atom is -0.394 e. The van der Waals surface area contributed by atoms with E-state index >= 15 is 0 Å². The molecule has 4 aromatic carbocycles. The van der Waals surface area contributed by atoms with Gasteiger partial charge in [0.25, 0.3) is 0 Å². The predicted molar refractivity (Wildman–Crippen MR) is 374 cm³/mol. The Bertz CT molecular complexity index is 3670. The highest BCUT2D eigenvalue weighted by Gasteiger charge is 2.55. The van der Waals surface area contributed by atoms with Crippen molar-refractivity contribution in [3.8, 4) is 0 Å². The highest BCUT2D eigenvalue weighted by atomic mass is 16.7. The molecule has 0 saturated carbocycles. The maximum absolute atomic E-state index is 13.9. The standard InChI is InChI=1S/C77H102N4O20/c1-76(2)56(80(48-34-32-44-22-14-16-24-46(44)60(48)76)36-18-8-12-30-58(86)78-62-64(88)50-26-20-39-95-72-54(42-84)99-75(69(93)68(72)92)100-71(62)53(41-83)96-50)28-10-6-5-7-11-29-57-77(3,4)61-47-25-17-15-23-45(47)33-35-49(61)81(57)37-19-9-13-31-59(87)79-63-66(90)74-98-52(40-82)70(63)94-38-21-27-51-65(89)67(91)73(101-74)55(43-85)97-51/h5-7,10-11,14-17,22-25,28-29,32-35,50-55,62-75,82-85,88-93H,8-9,12-13,18-21,26-27,30-31,36-43H2,1-4H3,(H-,78,79,86,87)/p+1/t50-,51-,52-,53-,54-,55-,62+,63+,64-,65+,66+,67-,68-,69-,70-,71-,72-,73?,74-,75?/m1/s1. The molecule has 0 spiro atoms. The van der Waals surface area contributed by atoms with Crippen LogP contribution in [0.3, 0.4) is 0 Å². The number of hydrogen-bond donors (Lipinski definition) is 12. The second-order valence-corrected chi connectivity index (χ2v) is 29.1. The summed E-state index contributed by atoms with van der Waals surface area (Å²) < 4.78 is 50.5. The number of carbonyl (C=O) groups is 2. The van der Waals surface area contributed by atoms with Crippen LogP contribution in [0, 0.1) is 0 Å². The Morgan fingerprint density at radius 2 is 1.04 bits per heavy atom. The van der Waals surface area contributed by atoms with E-state index in [0.717, 1.165) is 46.4 Å². The first-order chi connectivity index (χ1) is 48.8. The lowest BCUT2D eigenvalue weighted by Gasteiger charge is -2.47. The molecule has 14 aliphatic rings.